The van der Waals surface area contributed by atoms with Crippen molar-refractivity contribution in [3.8, 4) is 5.75 Å². The third kappa shape index (κ3) is 2.75. The number of hydrogen-bond acceptors (Lipinski definition) is 5. The maximum atomic E-state index is 5.25. The minimum absolute atomic E-state index is 0.0794. The van der Waals surface area contributed by atoms with E-state index in [1.165, 1.54) is 5.56 Å². The molecular weight excluding hydrogens is 370 g/mol. The molecule has 0 unspecified atom stereocenters. The van der Waals surface area contributed by atoms with E-state index in [1.54, 1.807) is 7.11 Å². The highest BCUT2D eigenvalue weighted by atomic mass is 79.9. The zero-order valence-electron chi connectivity index (χ0n) is 13.1. The average Bonchev–Trinajstić information content (AvgIpc) is 3.10. The van der Waals surface area contributed by atoms with Crippen molar-refractivity contribution in [3.05, 3.63) is 64.1 Å². The SMILES string of the molecule is COc1ccc([C@@H]2C[C@@H](c3ccc(Br)cc3)Nc3nnnn32)cc1. The molecular formula is C17H16BrN5O. The summed E-state index contributed by atoms with van der Waals surface area (Å²) in [6.07, 6.45) is 0.867. The quantitative estimate of drug-likeness (QED) is 0.745. The van der Waals surface area contributed by atoms with Crippen LogP contribution in [0.15, 0.2) is 53.0 Å². The number of nitrogens with one attached hydrogen (secondary N) is 1. The highest BCUT2D eigenvalue weighted by Crippen LogP contribution is 2.37. The number of hydrogen-bond donors (Lipinski definition) is 1. The number of methoxy groups -OCH3 is 1. The van der Waals surface area contributed by atoms with Crippen molar-refractivity contribution in [2.24, 2.45) is 0 Å². The van der Waals surface area contributed by atoms with Crippen LogP contribution in [0.25, 0.3) is 0 Å². The van der Waals surface area contributed by atoms with Gasteiger partial charge in [0.25, 0.3) is 0 Å². The summed E-state index contributed by atoms with van der Waals surface area (Å²) >= 11 is 3.48. The van der Waals surface area contributed by atoms with Crippen molar-refractivity contribution >= 4 is 21.9 Å². The number of nitrogens with zero attached hydrogens (tertiary/aromatic N) is 4. The molecule has 3 aromatic rings. The second kappa shape index (κ2) is 6.24. The molecule has 4 rings (SSSR count). The summed E-state index contributed by atoms with van der Waals surface area (Å²) in [5, 5.41) is 15.5. The second-order valence-electron chi connectivity index (χ2n) is 5.72. The van der Waals surface area contributed by atoms with Gasteiger partial charge in [0.2, 0.25) is 5.95 Å². The van der Waals surface area contributed by atoms with Crippen molar-refractivity contribution in [2.45, 2.75) is 18.5 Å². The molecule has 0 radical (unpaired) electrons. The van der Waals surface area contributed by atoms with Crippen LogP contribution in [0.4, 0.5) is 5.95 Å². The Hall–Kier alpha value is -2.41. The van der Waals surface area contributed by atoms with Crippen LogP contribution in [0.5, 0.6) is 5.75 Å². The van der Waals surface area contributed by atoms with Crippen molar-refractivity contribution in [2.75, 3.05) is 12.4 Å². The molecule has 122 valence electrons. The summed E-state index contributed by atoms with van der Waals surface area (Å²) in [7, 11) is 1.67. The van der Waals surface area contributed by atoms with Gasteiger partial charge in [-0.15, -0.1) is 0 Å². The number of anilines is 1. The number of aromatic nitrogens is 4. The molecule has 2 aromatic carbocycles. The van der Waals surface area contributed by atoms with Crippen molar-refractivity contribution in [1.29, 1.82) is 0 Å². The van der Waals surface area contributed by atoms with Gasteiger partial charge in [0, 0.05) is 4.47 Å². The van der Waals surface area contributed by atoms with Crippen LogP contribution in [0.2, 0.25) is 0 Å². The van der Waals surface area contributed by atoms with Crippen LogP contribution in [0, 0.1) is 0 Å². The highest BCUT2D eigenvalue weighted by molar-refractivity contribution is 9.10. The van der Waals surface area contributed by atoms with Gasteiger partial charge in [0.15, 0.2) is 0 Å². The Morgan fingerprint density at radius 2 is 1.79 bits per heavy atom. The summed E-state index contributed by atoms with van der Waals surface area (Å²) in [4.78, 5) is 0. The summed E-state index contributed by atoms with van der Waals surface area (Å²) in [5.74, 6) is 1.53. The fourth-order valence-corrected chi connectivity index (χ4v) is 3.32. The Morgan fingerprint density at radius 1 is 1.08 bits per heavy atom. The molecule has 0 spiro atoms. The molecule has 0 aliphatic carbocycles. The minimum atomic E-state index is 0.0794. The monoisotopic (exact) mass is 385 g/mol. The van der Waals surface area contributed by atoms with E-state index in [4.69, 9.17) is 4.74 Å². The summed E-state index contributed by atoms with van der Waals surface area (Å²) < 4.78 is 8.16. The smallest absolute Gasteiger partial charge is 0.243 e. The predicted octanol–water partition coefficient (Wildman–Crippen LogP) is 3.59. The summed E-state index contributed by atoms with van der Waals surface area (Å²) in [6, 6.07) is 16.6. The first kappa shape index (κ1) is 15.1. The zero-order valence-corrected chi connectivity index (χ0v) is 14.6. The Balaban J connectivity index is 1.69. The topological polar surface area (TPSA) is 64.9 Å². The van der Waals surface area contributed by atoms with E-state index in [0.717, 1.165) is 22.2 Å². The van der Waals surface area contributed by atoms with Gasteiger partial charge in [-0.25, -0.2) is 4.68 Å². The van der Waals surface area contributed by atoms with Crippen LogP contribution >= 0.6 is 15.9 Å². The van der Waals surface area contributed by atoms with Crippen molar-refractivity contribution in [3.63, 3.8) is 0 Å². The molecule has 2 heterocycles. The molecule has 0 saturated heterocycles. The number of benzene rings is 2. The second-order valence-corrected chi connectivity index (χ2v) is 6.64. The van der Waals surface area contributed by atoms with Crippen molar-refractivity contribution < 1.29 is 4.74 Å². The molecule has 1 aliphatic heterocycles. The maximum absolute atomic E-state index is 5.25. The molecule has 0 fully saturated rings. The van der Waals surface area contributed by atoms with Gasteiger partial charge in [-0.3, -0.25) is 0 Å². The fraction of sp³-hybridized carbons (Fsp3) is 0.235. The van der Waals surface area contributed by atoms with Gasteiger partial charge in [-0.05, 0) is 52.2 Å². The molecule has 24 heavy (non-hydrogen) atoms. The van der Waals surface area contributed by atoms with E-state index in [0.29, 0.717) is 5.95 Å². The van der Waals surface area contributed by atoms with Crippen LogP contribution in [-0.2, 0) is 0 Å². The minimum Gasteiger partial charge on any atom is -0.497 e. The van der Waals surface area contributed by atoms with Crippen LogP contribution in [0.1, 0.15) is 29.6 Å². The van der Waals surface area contributed by atoms with E-state index < -0.39 is 0 Å². The van der Waals surface area contributed by atoms with Crippen LogP contribution < -0.4 is 10.1 Å². The van der Waals surface area contributed by atoms with E-state index in [-0.39, 0.29) is 12.1 Å². The third-order valence-electron chi connectivity index (χ3n) is 4.32. The lowest BCUT2D eigenvalue weighted by atomic mass is 9.93. The fourth-order valence-electron chi connectivity index (χ4n) is 3.05. The average molecular weight is 386 g/mol. The normalized spacial score (nSPS) is 19.4. The first-order valence-corrected chi connectivity index (χ1v) is 8.48. The van der Waals surface area contributed by atoms with E-state index in [1.807, 2.05) is 16.8 Å². The van der Waals surface area contributed by atoms with E-state index in [9.17, 15) is 0 Å². The van der Waals surface area contributed by atoms with Gasteiger partial charge in [0.05, 0.1) is 19.2 Å². The van der Waals surface area contributed by atoms with Gasteiger partial charge in [-0.2, -0.15) is 0 Å². The van der Waals surface area contributed by atoms with Gasteiger partial charge < -0.3 is 10.1 Å². The number of fused-ring (bicyclic) bond motifs is 1. The summed E-state index contributed by atoms with van der Waals surface area (Å²) in [5.41, 5.74) is 2.37. The molecule has 1 aromatic heterocycles. The number of rotatable bonds is 3. The lowest BCUT2D eigenvalue weighted by molar-refractivity contribution is 0.410. The molecule has 1 aliphatic rings. The number of ether oxygens (including phenoxy) is 1. The highest BCUT2D eigenvalue weighted by Gasteiger charge is 2.30. The zero-order chi connectivity index (χ0) is 16.5. The molecule has 0 bridgehead atoms. The Kier molecular flexibility index (Phi) is 3.93. The molecule has 7 heteroatoms. The Labute approximate surface area is 148 Å². The first-order valence-electron chi connectivity index (χ1n) is 7.68. The van der Waals surface area contributed by atoms with Crippen LogP contribution in [-0.4, -0.2) is 27.3 Å². The van der Waals surface area contributed by atoms with Gasteiger partial charge in [0.1, 0.15) is 5.75 Å². The number of tetrazole rings is 1. The third-order valence-corrected chi connectivity index (χ3v) is 4.85. The standard InChI is InChI=1S/C17H16BrN5O/c1-24-14-8-4-12(5-9-14)16-10-15(11-2-6-13(18)7-3-11)19-17-20-21-22-23(16)17/h2-9,15-16H,10H2,1H3,(H,19,20,22)/t15-,16-/m0/s1. The molecule has 2 atom stereocenters. The largest absolute Gasteiger partial charge is 0.497 e. The Morgan fingerprint density at radius 3 is 2.50 bits per heavy atom. The molecule has 0 amide bonds. The lowest BCUT2D eigenvalue weighted by Crippen LogP contribution is -2.28. The maximum Gasteiger partial charge on any atom is 0.243 e. The van der Waals surface area contributed by atoms with E-state index >= 15 is 0 Å². The van der Waals surface area contributed by atoms with Gasteiger partial charge in [-0.1, -0.05) is 45.3 Å². The van der Waals surface area contributed by atoms with Crippen LogP contribution in [0.3, 0.4) is 0 Å². The molecule has 1 N–H and O–H groups in total. The predicted molar refractivity (Wildman–Crippen MR) is 94.1 cm³/mol. The Bertz CT molecular complexity index is 831. The number of halogens is 1. The molecule has 0 saturated carbocycles. The van der Waals surface area contributed by atoms with Gasteiger partial charge >= 0.3 is 0 Å². The summed E-state index contributed by atoms with van der Waals surface area (Å²) in [6.45, 7) is 0. The molecule has 6 nitrogen and oxygen atoms in total. The van der Waals surface area contributed by atoms with E-state index in [2.05, 4.69) is 73.2 Å². The lowest BCUT2D eigenvalue weighted by Gasteiger charge is -2.31. The van der Waals surface area contributed by atoms with Crippen molar-refractivity contribution in [1.82, 2.24) is 20.2 Å². The first-order chi connectivity index (χ1) is 11.7.